The summed E-state index contributed by atoms with van der Waals surface area (Å²) in [6, 6.07) is 0. The van der Waals surface area contributed by atoms with Crippen molar-refractivity contribution in [2.24, 2.45) is 34.5 Å². The standard InChI is InChI=1S/C23H34O4/c1-21-8-5-16(24)12-15(21)3-4-19-18(21)6-9-22(2)17(7-10-23(19,22)26)14-11-20(25)27-13-14/h13,15-19,24,26H,3-12H2,1-2H3/t15-,16+,17-,18+,19-,21+,22-,23+/m1/s1. The van der Waals surface area contributed by atoms with Crippen molar-refractivity contribution < 1.29 is 19.7 Å². The number of ether oxygens (including phenoxy) is 1. The van der Waals surface area contributed by atoms with E-state index >= 15 is 0 Å². The fourth-order valence-electron chi connectivity index (χ4n) is 8.39. The summed E-state index contributed by atoms with van der Waals surface area (Å²) in [5.41, 5.74) is 0.600. The number of cyclic esters (lactones) is 1. The molecule has 4 fully saturated rings. The Morgan fingerprint density at radius 2 is 1.85 bits per heavy atom. The minimum atomic E-state index is -0.628. The molecule has 0 unspecified atom stereocenters. The molecule has 4 aliphatic carbocycles. The fraction of sp³-hybridized carbons (Fsp3) is 0.870. The van der Waals surface area contributed by atoms with E-state index in [1.165, 1.54) is 6.42 Å². The predicted molar refractivity (Wildman–Crippen MR) is 101 cm³/mol. The number of hydrogen-bond acceptors (Lipinski definition) is 4. The van der Waals surface area contributed by atoms with E-state index in [1.807, 2.05) is 0 Å². The maximum Gasteiger partial charge on any atom is 0.314 e. The summed E-state index contributed by atoms with van der Waals surface area (Å²) in [6.07, 6.45) is 11.2. The molecule has 5 rings (SSSR count). The maximum atomic E-state index is 12.1. The molecule has 0 spiro atoms. The van der Waals surface area contributed by atoms with Gasteiger partial charge >= 0.3 is 5.97 Å². The van der Waals surface area contributed by atoms with E-state index in [2.05, 4.69) is 13.8 Å². The van der Waals surface area contributed by atoms with Crippen molar-refractivity contribution in [3.8, 4) is 0 Å². The zero-order chi connectivity index (χ0) is 19.0. The molecule has 1 aliphatic heterocycles. The van der Waals surface area contributed by atoms with Crippen LogP contribution in [0.5, 0.6) is 0 Å². The number of carbonyl (C=O) groups is 1. The Balaban J connectivity index is 1.46. The van der Waals surface area contributed by atoms with Gasteiger partial charge in [-0.1, -0.05) is 13.8 Å². The van der Waals surface area contributed by atoms with Gasteiger partial charge in [0, 0.05) is 5.41 Å². The lowest BCUT2D eigenvalue weighted by Crippen LogP contribution is -2.62. The highest BCUT2D eigenvalue weighted by Crippen LogP contribution is 2.70. The number of carbonyl (C=O) groups excluding carboxylic acids is 1. The van der Waals surface area contributed by atoms with E-state index in [9.17, 15) is 15.0 Å². The predicted octanol–water partition coefficient (Wildman–Crippen LogP) is 3.95. The van der Waals surface area contributed by atoms with E-state index in [1.54, 1.807) is 6.26 Å². The van der Waals surface area contributed by atoms with Crippen molar-refractivity contribution in [3.05, 3.63) is 11.8 Å². The highest BCUT2D eigenvalue weighted by molar-refractivity contribution is 5.76. The highest BCUT2D eigenvalue weighted by atomic mass is 16.5. The second-order valence-electron chi connectivity index (χ2n) is 10.8. The van der Waals surface area contributed by atoms with Crippen LogP contribution in [-0.4, -0.2) is 27.9 Å². The van der Waals surface area contributed by atoms with E-state index in [0.29, 0.717) is 24.2 Å². The van der Waals surface area contributed by atoms with Crippen molar-refractivity contribution in [2.45, 2.75) is 89.8 Å². The van der Waals surface area contributed by atoms with Crippen molar-refractivity contribution >= 4 is 5.97 Å². The van der Waals surface area contributed by atoms with Crippen molar-refractivity contribution in [1.29, 1.82) is 0 Å². The number of hydrogen-bond donors (Lipinski definition) is 2. The Hall–Kier alpha value is -0.870. The molecule has 0 aromatic rings. The molecule has 2 N–H and O–H groups in total. The summed E-state index contributed by atoms with van der Waals surface area (Å²) in [5.74, 6) is 1.66. The molecule has 0 radical (unpaired) electrons. The van der Waals surface area contributed by atoms with Gasteiger partial charge in [0.25, 0.3) is 0 Å². The molecule has 5 aliphatic rings. The Labute approximate surface area is 162 Å². The SMILES string of the molecule is C[C@]12CC[C@H](O)C[C@H]1CC[C@@H]1[C@@H]2CC[C@]2(C)[C@@H](C3=COC(=O)C3)CC[C@]12O. The van der Waals surface area contributed by atoms with Gasteiger partial charge in [0.05, 0.1) is 24.4 Å². The summed E-state index contributed by atoms with van der Waals surface area (Å²) in [6.45, 7) is 4.73. The highest BCUT2D eigenvalue weighted by Gasteiger charge is 2.67. The van der Waals surface area contributed by atoms with Gasteiger partial charge < -0.3 is 14.9 Å². The Morgan fingerprint density at radius 1 is 1.04 bits per heavy atom. The van der Waals surface area contributed by atoms with Crippen LogP contribution in [0.3, 0.4) is 0 Å². The van der Waals surface area contributed by atoms with Crippen molar-refractivity contribution in [3.63, 3.8) is 0 Å². The molecule has 0 aromatic carbocycles. The molecule has 0 bridgehead atoms. The van der Waals surface area contributed by atoms with E-state index < -0.39 is 5.60 Å². The first-order valence-electron chi connectivity index (χ1n) is 11.1. The van der Waals surface area contributed by atoms with Gasteiger partial charge in [0.15, 0.2) is 0 Å². The Morgan fingerprint density at radius 3 is 2.59 bits per heavy atom. The maximum absolute atomic E-state index is 12.1. The van der Waals surface area contributed by atoms with Gasteiger partial charge in [0.1, 0.15) is 0 Å². The van der Waals surface area contributed by atoms with Crippen LogP contribution in [0.4, 0.5) is 0 Å². The fourth-order valence-corrected chi connectivity index (χ4v) is 8.39. The first-order chi connectivity index (χ1) is 12.8. The van der Waals surface area contributed by atoms with Crippen LogP contribution in [0.2, 0.25) is 0 Å². The molecule has 4 saturated carbocycles. The summed E-state index contributed by atoms with van der Waals surface area (Å²) >= 11 is 0. The molecule has 4 nitrogen and oxygen atoms in total. The van der Waals surface area contributed by atoms with Crippen LogP contribution >= 0.6 is 0 Å². The monoisotopic (exact) mass is 374 g/mol. The van der Waals surface area contributed by atoms with Crippen molar-refractivity contribution in [2.75, 3.05) is 0 Å². The number of fused-ring (bicyclic) bond motifs is 5. The topological polar surface area (TPSA) is 66.8 Å². The van der Waals surface area contributed by atoms with Gasteiger partial charge in [-0.05, 0) is 92.4 Å². The smallest absolute Gasteiger partial charge is 0.314 e. The van der Waals surface area contributed by atoms with Crippen LogP contribution in [-0.2, 0) is 9.53 Å². The van der Waals surface area contributed by atoms with E-state index in [4.69, 9.17) is 4.74 Å². The number of aliphatic hydroxyl groups is 2. The quantitative estimate of drug-likeness (QED) is 0.682. The second kappa shape index (κ2) is 5.82. The molecular formula is C23H34O4. The first kappa shape index (κ1) is 18.2. The number of rotatable bonds is 1. The lowest BCUT2D eigenvalue weighted by molar-refractivity contribution is -0.208. The third-order valence-electron chi connectivity index (χ3n) is 9.96. The minimum Gasteiger partial charge on any atom is -0.434 e. The van der Waals surface area contributed by atoms with Gasteiger partial charge in [-0.25, -0.2) is 0 Å². The average Bonchev–Trinajstić information content (AvgIpc) is 3.16. The lowest BCUT2D eigenvalue weighted by atomic mass is 9.43. The molecular weight excluding hydrogens is 340 g/mol. The molecule has 0 aromatic heterocycles. The third-order valence-corrected chi connectivity index (χ3v) is 9.96. The van der Waals surface area contributed by atoms with Crippen LogP contribution < -0.4 is 0 Å². The summed E-state index contributed by atoms with van der Waals surface area (Å²) < 4.78 is 5.13. The molecule has 150 valence electrons. The molecule has 0 amide bonds. The summed E-state index contributed by atoms with van der Waals surface area (Å²) in [4.78, 5) is 11.7. The zero-order valence-electron chi connectivity index (χ0n) is 16.7. The first-order valence-corrected chi connectivity index (χ1v) is 11.1. The van der Waals surface area contributed by atoms with E-state index in [-0.39, 0.29) is 28.8 Å². The van der Waals surface area contributed by atoms with Gasteiger partial charge in [-0.2, -0.15) is 0 Å². The summed E-state index contributed by atoms with van der Waals surface area (Å²) in [5, 5.41) is 22.3. The average molecular weight is 375 g/mol. The van der Waals surface area contributed by atoms with Crippen molar-refractivity contribution in [1.82, 2.24) is 0 Å². The molecule has 8 atom stereocenters. The molecule has 1 heterocycles. The second-order valence-corrected chi connectivity index (χ2v) is 10.8. The van der Waals surface area contributed by atoms with E-state index in [0.717, 1.165) is 56.9 Å². The Bertz CT molecular complexity index is 686. The zero-order valence-corrected chi connectivity index (χ0v) is 16.7. The summed E-state index contributed by atoms with van der Waals surface area (Å²) in [7, 11) is 0. The largest absolute Gasteiger partial charge is 0.434 e. The lowest BCUT2D eigenvalue weighted by Gasteiger charge is -2.63. The number of aliphatic hydroxyl groups excluding tert-OH is 1. The van der Waals surface area contributed by atoms with Crippen LogP contribution in [0, 0.1) is 34.5 Å². The molecule has 27 heavy (non-hydrogen) atoms. The van der Waals surface area contributed by atoms with Crippen LogP contribution in [0.15, 0.2) is 11.8 Å². The number of esters is 1. The van der Waals surface area contributed by atoms with Gasteiger partial charge in [-0.15, -0.1) is 0 Å². The Kier molecular flexibility index (Phi) is 3.92. The van der Waals surface area contributed by atoms with Crippen LogP contribution in [0.25, 0.3) is 0 Å². The third kappa shape index (κ3) is 2.32. The molecule has 4 heteroatoms. The van der Waals surface area contributed by atoms with Gasteiger partial charge in [-0.3, -0.25) is 4.79 Å². The van der Waals surface area contributed by atoms with Gasteiger partial charge in [0.2, 0.25) is 0 Å². The normalized spacial score (nSPS) is 54.6. The minimum absolute atomic E-state index is 0.126. The van der Waals surface area contributed by atoms with Crippen LogP contribution in [0.1, 0.15) is 78.1 Å². The molecule has 0 saturated heterocycles.